The number of hydrogen-bond acceptors (Lipinski definition) is 3. The molecule has 0 saturated carbocycles. The molecule has 2 rings (SSSR count). The molecule has 0 aliphatic carbocycles. The Morgan fingerprint density at radius 1 is 1.12 bits per heavy atom. The van der Waals surface area contributed by atoms with Crippen molar-refractivity contribution in [3.8, 4) is 0 Å². The number of fused-ring (bicyclic) bond motifs is 1. The van der Waals surface area contributed by atoms with Gasteiger partial charge in [-0.05, 0) is 16.3 Å². The van der Waals surface area contributed by atoms with Crippen LogP contribution in [-0.2, 0) is 6.54 Å². The summed E-state index contributed by atoms with van der Waals surface area (Å²) < 4.78 is 0. The van der Waals surface area contributed by atoms with E-state index >= 15 is 0 Å². The number of rotatable bonds is 5. The van der Waals surface area contributed by atoms with E-state index in [1.54, 1.807) is 0 Å². The second-order valence-corrected chi connectivity index (χ2v) is 4.21. The molecule has 2 aromatic carbocycles. The van der Waals surface area contributed by atoms with Gasteiger partial charge >= 0.3 is 0 Å². The van der Waals surface area contributed by atoms with Crippen LogP contribution in [0.25, 0.3) is 10.8 Å². The van der Waals surface area contributed by atoms with Crippen LogP contribution in [0, 0.1) is 0 Å². The van der Waals surface area contributed by atoms with Gasteiger partial charge in [-0.3, -0.25) is 0 Å². The Labute approximate surface area is 101 Å². The normalized spacial score (nSPS) is 12.8. The van der Waals surface area contributed by atoms with E-state index in [1.165, 1.54) is 16.3 Å². The fraction of sp³-hybridized carbons (Fsp3) is 0.286. The lowest BCUT2D eigenvalue weighted by Gasteiger charge is -2.11. The molecule has 0 aliphatic rings. The molecular formula is C14H18N2O. The van der Waals surface area contributed by atoms with Gasteiger partial charge in [0.25, 0.3) is 0 Å². The molecule has 17 heavy (non-hydrogen) atoms. The highest BCUT2D eigenvalue weighted by molar-refractivity contribution is 5.85. The van der Waals surface area contributed by atoms with Crippen LogP contribution in [0.4, 0.5) is 0 Å². The molecule has 0 spiro atoms. The molecule has 90 valence electrons. The molecule has 0 fully saturated rings. The summed E-state index contributed by atoms with van der Waals surface area (Å²) in [6.45, 7) is 1.41. The van der Waals surface area contributed by atoms with Crippen LogP contribution in [0.15, 0.2) is 42.5 Å². The Hall–Kier alpha value is -1.42. The topological polar surface area (TPSA) is 58.3 Å². The number of aliphatic hydroxyl groups excluding tert-OH is 1. The number of benzene rings is 2. The Balaban J connectivity index is 2.08. The number of nitrogens with one attached hydrogen (secondary N) is 1. The van der Waals surface area contributed by atoms with E-state index in [-0.39, 0.29) is 12.6 Å². The van der Waals surface area contributed by atoms with Crippen LogP contribution in [0.2, 0.25) is 0 Å². The predicted octanol–water partition coefficient (Wildman–Crippen LogP) is 1.25. The third-order valence-corrected chi connectivity index (χ3v) is 2.84. The van der Waals surface area contributed by atoms with E-state index in [2.05, 4.69) is 35.6 Å². The minimum absolute atomic E-state index is 0.0164. The van der Waals surface area contributed by atoms with Gasteiger partial charge < -0.3 is 16.2 Å². The van der Waals surface area contributed by atoms with Crippen LogP contribution in [0.1, 0.15) is 5.56 Å². The Bertz CT molecular complexity index is 479. The maximum Gasteiger partial charge on any atom is 0.0594 e. The third-order valence-electron chi connectivity index (χ3n) is 2.84. The van der Waals surface area contributed by atoms with E-state index in [0.717, 1.165) is 6.54 Å². The zero-order chi connectivity index (χ0) is 12.1. The Morgan fingerprint density at radius 3 is 2.71 bits per heavy atom. The third kappa shape index (κ3) is 3.03. The first-order chi connectivity index (χ1) is 8.31. The van der Waals surface area contributed by atoms with E-state index in [1.807, 2.05) is 12.1 Å². The first-order valence-electron chi connectivity index (χ1n) is 5.85. The maximum absolute atomic E-state index is 8.84. The largest absolute Gasteiger partial charge is 0.395 e. The molecule has 1 unspecified atom stereocenters. The quantitative estimate of drug-likeness (QED) is 0.724. The van der Waals surface area contributed by atoms with Crippen molar-refractivity contribution in [1.29, 1.82) is 0 Å². The standard InChI is InChI=1S/C14H18N2O/c15-13(10-17)9-16-8-12-6-3-5-11-4-1-2-7-14(11)12/h1-7,13,16-17H,8-10,15H2. The summed E-state index contributed by atoms with van der Waals surface area (Å²) in [6, 6.07) is 14.4. The monoisotopic (exact) mass is 230 g/mol. The molecule has 3 heteroatoms. The minimum Gasteiger partial charge on any atom is -0.395 e. The van der Waals surface area contributed by atoms with Crippen LogP contribution in [-0.4, -0.2) is 24.3 Å². The minimum atomic E-state index is -0.190. The summed E-state index contributed by atoms with van der Waals surface area (Å²) in [5.74, 6) is 0. The fourth-order valence-electron chi connectivity index (χ4n) is 1.90. The second kappa shape index (κ2) is 5.77. The van der Waals surface area contributed by atoms with Gasteiger partial charge in [-0.25, -0.2) is 0 Å². The van der Waals surface area contributed by atoms with Gasteiger partial charge in [0, 0.05) is 19.1 Å². The van der Waals surface area contributed by atoms with E-state index < -0.39 is 0 Å². The first-order valence-corrected chi connectivity index (χ1v) is 5.85. The van der Waals surface area contributed by atoms with E-state index in [4.69, 9.17) is 10.8 Å². The molecule has 0 heterocycles. The van der Waals surface area contributed by atoms with Gasteiger partial charge in [0.1, 0.15) is 0 Å². The molecule has 4 N–H and O–H groups in total. The van der Waals surface area contributed by atoms with Crippen molar-refractivity contribution in [3.05, 3.63) is 48.0 Å². The van der Waals surface area contributed by atoms with Gasteiger partial charge in [-0.15, -0.1) is 0 Å². The van der Waals surface area contributed by atoms with E-state index in [9.17, 15) is 0 Å². The lowest BCUT2D eigenvalue weighted by Crippen LogP contribution is -2.36. The van der Waals surface area contributed by atoms with Crippen molar-refractivity contribution in [3.63, 3.8) is 0 Å². The van der Waals surface area contributed by atoms with Crippen molar-refractivity contribution in [1.82, 2.24) is 5.32 Å². The molecule has 0 aromatic heterocycles. The SMILES string of the molecule is NC(CO)CNCc1cccc2ccccc12. The van der Waals surface area contributed by atoms with Crippen molar-refractivity contribution in [2.24, 2.45) is 5.73 Å². The fourth-order valence-corrected chi connectivity index (χ4v) is 1.90. The number of aliphatic hydroxyl groups is 1. The van der Waals surface area contributed by atoms with Crippen molar-refractivity contribution in [2.45, 2.75) is 12.6 Å². The summed E-state index contributed by atoms with van der Waals surface area (Å²) in [5.41, 5.74) is 6.89. The van der Waals surface area contributed by atoms with Crippen LogP contribution < -0.4 is 11.1 Å². The predicted molar refractivity (Wildman–Crippen MR) is 70.7 cm³/mol. The first kappa shape index (κ1) is 12.0. The molecule has 1 atom stereocenters. The van der Waals surface area contributed by atoms with Gasteiger partial charge in [0.15, 0.2) is 0 Å². The molecular weight excluding hydrogens is 212 g/mol. The summed E-state index contributed by atoms with van der Waals surface area (Å²) in [5, 5.41) is 14.6. The van der Waals surface area contributed by atoms with Crippen LogP contribution in [0.3, 0.4) is 0 Å². The lowest BCUT2D eigenvalue weighted by atomic mass is 10.0. The molecule has 0 aliphatic heterocycles. The highest BCUT2D eigenvalue weighted by Gasteiger charge is 2.02. The molecule has 0 radical (unpaired) electrons. The number of hydrogen-bond donors (Lipinski definition) is 3. The highest BCUT2D eigenvalue weighted by Crippen LogP contribution is 2.17. The Kier molecular flexibility index (Phi) is 4.09. The van der Waals surface area contributed by atoms with Crippen molar-refractivity contribution >= 4 is 10.8 Å². The molecule has 0 bridgehead atoms. The molecule has 0 saturated heterocycles. The van der Waals surface area contributed by atoms with E-state index in [0.29, 0.717) is 6.54 Å². The van der Waals surface area contributed by atoms with Gasteiger partial charge in [-0.1, -0.05) is 42.5 Å². The molecule has 2 aromatic rings. The summed E-state index contributed by atoms with van der Waals surface area (Å²) in [6.07, 6.45) is 0. The lowest BCUT2D eigenvalue weighted by molar-refractivity contribution is 0.262. The summed E-state index contributed by atoms with van der Waals surface area (Å²) in [7, 11) is 0. The van der Waals surface area contributed by atoms with Crippen LogP contribution >= 0.6 is 0 Å². The van der Waals surface area contributed by atoms with Gasteiger partial charge in [0.05, 0.1) is 6.61 Å². The zero-order valence-corrected chi connectivity index (χ0v) is 9.76. The van der Waals surface area contributed by atoms with Crippen LogP contribution in [0.5, 0.6) is 0 Å². The summed E-state index contributed by atoms with van der Waals surface area (Å²) in [4.78, 5) is 0. The average Bonchev–Trinajstić information content (AvgIpc) is 2.39. The van der Waals surface area contributed by atoms with Crippen molar-refractivity contribution in [2.75, 3.05) is 13.2 Å². The van der Waals surface area contributed by atoms with Gasteiger partial charge in [-0.2, -0.15) is 0 Å². The van der Waals surface area contributed by atoms with Gasteiger partial charge in [0.2, 0.25) is 0 Å². The molecule has 0 amide bonds. The zero-order valence-electron chi connectivity index (χ0n) is 9.76. The second-order valence-electron chi connectivity index (χ2n) is 4.21. The highest BCUT2D eigenvalue weighted by atomic mass is 16.3. The summed E-state index contributed by atoms with van der Waals surface area (Å²) >= 11 is 0. The Morgan fingerprint density at radius 2 is 1.88 bits per heavy atom. The number of nitrogens with two attached hydrogens (primary N) is 1. The van der Waals surface area contributed by atoms with Crippen molar-refractivity contribution < 1.29 is 5.11 Å². The smallest absolute Gasteiger partial charge is 0.0594 e. The molecule has 3 nitrogen and oxygen atoms in total. The average molecular weight is 230 g/mol. The maximum atomic E-state index is 8.84.